The molecular formula is C18H14ClFN4O. The van der Waals surface area contributed by atoms with E-state index in [1.165, 1.54) is 24.3 Å². The van der Waals surface area contributed by atoms with E-state index in [9.17, 15) is 9.18 Å². The highest BCUT2D eigenvalue weighted by Crippen LogP contribution is 2.23. The van der Waals surface area contributed by atoms with Crippen molar-refractivity contribution in [3.05, 3.63) is 83.0 Å². The molecule has 0 aliphatic heterocycles. The van der Waals surface area contributed by atoms with Gasteiger partial charge in [-0.1, -0.05) is 17.7 Å². The van der Waals surface area contributed by atoms with Gasteiger partial charge in [0.05, 0.1) is 5.69 Å². The van der Waals surface area contributed by atoms with Gasteiger partial charge in [-0.2, -0.15) is 0 Å². The van der Waals surface area contributed by atoms with Crippen molar-refractivity contribution in [2.75, 3.05) is 10.6 Å². The average molecular weight is 357 g/mol. The molecule has 3 aromatic rings. The molecule has 0 aliphatic carbocycles. The van der Waals surface area contributed by atoms with Crippen LogP contribution in [0.15, 0.2) is 60.9 Å². The Balaban J connectivity index is 1.78. The van der Waals surface area contributed by atoms with Crippen molar-refractivity contribution in [3.8, 4) is 0 Å². The fourth-order valence-corrected chi connectivity index (χ4v) is 2.33. The molecule has 126 valence electrons. The predicted molar refractivity (Wildman–Crippen MR) is 95.2 cm³/mol. The number of pyridine rings is 2. The molecule has 1 aromatic carbocycles. The first-order valence-electron chi connectivity index (χ1n) is 7.48. The van der Waals surface area contributed by atoms with E-state index in [-0.39, 0.29) is 5.56 Å². The summed E-state index contributed by atoms with van der Waals surface area (Å²) < 4.78 is 13.3. The Labute approximate surface area is 148 Å². The number of hydrogen-bond acceptors (Lipinski definition) is 4. The van der Waals surface area contributed by atoms with Crippen LogP contribution in [0.25, 0.3) is 0 Å². The first-order valence-corrected chi connectivity index (χ1v) is 7.86. The molecule has 3 rings (SSSR count). The second-order valence-electron chi connectivity index (χ2n) is 5.20. The molecule has 0 unspecified atom stereocenters. The van der Waals surface area contributed by atoms with Gasteiger partial charge >= 0.3 is 0 Å². The van der Waals surface area contributed by atoms with Gasteiger partial charge in [0.15, 0.2) is 5.82 Å². The zero-order valence-corrected chi connectivity index (χ0v) is 13.8. The van der Waals surface area contributed by atoms with Crippen molar-refractivity contribution in [1.29, 1.82) is 0 Å². The smallest absolute Gasteiger partial charge is 0.255 e. The molecule has 0 saturated heterocycles. The van der Waals surface area contributed by atoms with Crippen molar-refractivity contribution in [2.45, 2.75) is 6.54 Å². The monoisotopic (exact) mass is 356 g/mol. The van der Waals surface area contributed by atoms with Crippen molar-refractivity contribution in [1.82, 2.24) is 9.97 Å². The van der Waals surface area contributed by atoms with Gasteiger partial charge in [0, 0.05) is 24.5 Å². The lowest BCUT2D eigenvalue weighted by molar-refractivity contribution is 0.102. The minimum Gasteiger partial charge on any atom is -0.364 e. The Hall–Kier alpha value is -2.99. The summed E-state index contributed by atoms with van der Waals surface area (Å²) in [6, 6.07) is 12.4. The van der Waals surface area contributed by atoms with Crippen LogP contribution in [0, 0.1) is 5.82 Å². The molecule has 1 amide bonds. The highest BCUT2D eigenvalue weighted by Gasteiger charge is 2.11. The number of nitrogens with one attached hydrogen (secondary N) is 2. The first-order chi connectivity index (χ1) is 12.1. The van der Waals surface area contributed by atoms with Crippen LogP contribution in [-0.4, -0.2) is 15.9 Å². The maximum atomic E-state index is 13.3. The third-order valence-corrected chi connectivity index (χ3v) is 3.62. The summed E-state index contributed by atoms with van der Waals surface area (Å²) in [5.41, 5.74) is 1.67. The van der Waals surface area contributed by atoms with E-state index in [0.717, 1.165) is 5.56 Å². The van der Waals surface area contributed by atoms with Crippen LogP contribution >= 0.6 is 11.6 Å². The second kappa shape index (κ2) is 7.72. The fraction of sp³-hybridized carbons (Fsp3) is 0.0556. The number of benzene rings is 1. The summed E-state index contributed by atoms with van der Waals surface area (Å²) in [4.78, 5) is 20.5. The summed E-state index contributed by atoms with van der Waals surface area (Å²) in [7, 11) is 0. The average Bonchev–Trinajstić information content (AvgIpc) is 2.62. The van der Waals surface area contributed by atoms with Gasteiger partial charge < -0.3 is 10.6 Å². The summed E-state index contributed by atoms with van der Waals surface area (Å²) in [5.74, 6) is -0.484. The number of anilines is 2. The molecule has 0 bridgehead atoms. The summed E-state index contributed by atoms with van der Waals surface area (Å²) in [6.07, 6.45) is 3.38. The van der Waals surface area contributed by atoms with Gasteiger partial charge in [0.25, 0.3) is 5.91 Å². The maximum absolute atomic E-state index is 13.3. The molecule has 0 fully saturated rings. The van der Waals surface area contributed by atoms with Gasteiger partial charge in [0.1, 0.15) is 11.0 Å². The van der Waals surface area contributed by atoms with E-state index in [4.69, 9.17) is 11.6 Å². The standard InChI is InChI=1S/C18H14ClFN4O/c19-16-5-4-15(23-18(25)13-2-1-3-14(20)10-13)17(24-16)22-11-12-6-8-21-9-7-12/h1-10H,11H2,(H,22,24)(H,23,25). The minimum atomic E-state index is -0.474. The van der Waals surface area contributed by atoms with E-state index >= 15 is 0 Å². The zero-order chi connectivity index (χ0) is 17.6. The van der Waals surface area contributed by atoms with E-state index in [1.807, 2.05) is 12.1 Å². The number of rotatable bonds is 5. The molecule has 0 saturated carbocycles. The van der Waals surface area contributed by atoms with E-state index in [2.05, 4.69) is 20.6 Å². The van der Waals surface area contributed by atoms with Gasteiger partial charge in [0.2, 0.25) is 0 Å². The van der Waals surface area contributed by atoms with Crippen molar-refractivity contribution in [3.63, 3.8) is 0 Å². The van der Waals surface area contributed by atoms with Crippen molar-refractivity contribution in [2.24, 2.45) is 0 Å². The largest absolute Gasteiger partial charge is 0.364 e. The lowest BCUT2D eigenvalue weighted by Crippen LogP contribution is -2.14. The van der Waals surface area contributed by atoms with Gasteiger partial charge in [-0.05, 0) is 48.0 Å². The van der Waals surface area contributed by atoms with Gasteiger partial charge in [-0.3, -0.25) is 9.78 Å². The topological polar surface area (TPSA) is 66.9 Å². The third-order valence-electron chi connectivity index (χ3n) is 3.41. The summed E-state index contributed by atoms with van der Waals surface area (Å²) in [5, 5.41) is 6.13. The molecule has 2 aromatic heterocycles. The quantitative estimate of drug-likeness (QED) is 0.674. The van der Waals surface area contributed by atoms with E-state index in [0.29, 0.717) is 23.2 Å². The van der Waals surface area contributed by atoms with Crippen LogP contribution in [0.2, 0.25) is 5.15 Å². The molecular weight excluding hydrogens is 343 g/mol. The Morgan fingerprint density at radius 1 is 1.12 bits per heavy atom. The molecule has 25 heavy (non-hydrogen) atoms. The second-order valence-corrected chi connectivity index (χ2v) is 5.59. The number of carbonyl (C=O) groups excluding carboxylic acids is 1. The predicted octanol–water partition coefficient (Wildman–Crippen LogP) is 4.13. The van der Waals surface area contributed by atoms with Crippen LogP contribution in [0.5, 0.6) is 0 Å². The summed E-state index contributed by atoms with van der Waals surface area (Å²) in [6.45, 7) is 0.485. The summed E-state index contributed by atoms with van der Waals surface area (Å²) >= 11 is 5.95. The Morgan fingerprint density at radius 2 is 1.92 bits per heavy atom. The Morgan fingerprint density at radius 3 is 2.68 bits per heavy atom. The molecule has 7 heteroatoms. The van der Waals surface area contributed by atoms with Crippen LogP contribution in [-0.2, 0) is 6.54 Å². The van der Waals surface area contributed by atoms with Crippen molar-refractivity contribution >= 4 is 29.0 Å². The molecule has 5 nitrogen and oxygen atoms in total. The van der Waals surface area contributed by atoms with Crippen molar-refractivity contribution < 1.29 is 9.18 Å². The van der Waals surface area contributed by atoms with E-state index < -0.39 is 11.7 Å². The van der Waals surface area contributed by atoms with Gasteiger partial charge in [-0.15, -0.1) is 0 Å². The van der Waals surface area contributed by atoms with Crippen LogP contribution in [0.4, 0.5) is 15.9 Å². The number of aromatic nitrogens is 2. The SMILES string of the molecule is O=C(Nc1ccc(Cl)nc1NCc1ccncc1)c1cccc(F)c1. The lowest BCUT2D eigenvalue weighted by atomic mass is 10.2. The molecule has 0 atom stereocenters. The van der Waals surface area contributed by atoms with Crippen LogP contribution in [0.3, 0.4) is 0 Å². The molecule has 2 heterocycles. The molecule has 0 aliphatic rings. The number of carbonyl (C=O) groups is 1. The highest BCUT2D eigenvalue weighted by molar-refractivity contribution is 6.29. The maximum Gasteiger partial charge on any atom is 0.255 e. The zero-order valence-electron chi connectivity index (χ0n) is 13.0. The Bertz CT molecular complexity index is 889. The van der Waals surface area contributed by atoms with Crippen LogP contribution in [0.1, 0.15) is 15.9 Å². The lowest BCUT2D eigenvalue weighted by Gasteiger charge is -2.12. The Kier molecular flexibility index (Phi) is 5.20. The number of nitrogens with zero attached hydrogens (tertiary/aromatic N) is 2. The van der Waals surface area contributed by atoms with E-state index in [1.54, 1.807) is 24.5 Å². The first kappa shape index (κ1) is 16.9. The third kappa shape index (κ3) is 4.51. The fourth-order valence-electron chi connectivity index (χ4n) is 2.18. The van der Waals surface area contributed by atoms with Crippen LogP contribution < -0.4 is 10.6 Å². The molecule has 0 radical (unpaired) electrons. The molecule has 2 N–H and O–H groups in total. The normalized spacial score (nSPS) is 10.3. The van der Waals surface area contributed by atoms with Gasteiger partial charge in [-0.25, -0.2) is 9.37 Å². The molecule has 0 spiro atoms. The minimum absolute atomic E-state index is 0.218. The number of amides is 1. The number of halogens is 2. The highest BCUT2D eigenvalue weighted by atomic mass is 35.5. The number of hydrogen-bond donors (Lipinski definition) is 2.